The van der Waals surface area contributed by atoms with Crippen LogP contribution in [-0.4, -0.2) is 40.9 Å². The molecule has 1 atom stereocenters. The number of nitrogens with one attached hydrogen (secondary N) is 2. The van der Waals surface area contributed by atoms with Crippen LogP contribution in [0, 0.1) is 5.41 Å². The van der Waals surface area contributed by atoms with Crippen LogP contribution in [0.3, 0.4) is 0 Å². The number of piperidine rings is 1. The van der Waals surface area contributed by atoms with Crippen molar-refractivity contribution < 1.29 is 9.20 Å². The number of rotatable bonds is 2. The van der Waals surface area contributed by atoms with Gasteiger partial charge in [0.15, 0.2) is 0 Å². The fourth-order valence-corrected chi connectivity index (χ4v) is 3.83. The van der Waals surface area contributed by atoms with Crippen LogP contribution in [0.1, 0.15) is 26.7 Å². The Morgan fingerprint density at radius 1 is 1.40 bits per heavy atom. The van der Waals surface area contributed by atoms with Crippen molar-refractivity contribution >= 4 is 9.57 Å². The molecule has 0 bridgehead atoms. The van der Waals surface area contributed by atoms with Gasteiger partial charge in [-0.2, -0.15) is 0 Å². The van der Waals surface area contributed by atoms with E-state index in [1.54, 1.807) is 0 Å². The summed E-state index contributed by atoms with van der Waals surface area (Å²) in [5.74, 6) is 0. The molecule has 2 aliphatic heterocycles. The van der Waals surface area contributed by atoms with Crippen molar-refractivity contribution in [3.05, 3.63) is 0 Å². The highest BCUT2D eigenvalue weighted by atomic mass is 28.2. The van der Waals surface area contributed by atoms with E-state index >= 15 is 0 Å². The van der Waals surface area contributed by atoms with Gasteiger partial charge >= 0.3 is 9.57 Å². The van der Waals surface area contributed by atoms with Gasteiger partial charge in [0.25, 0.3) is 0 Å². The lowest BCUT2D eigenvalue weighted by Crippen LogP contribution is -2.57. The van der Waals surface area contributed by atoms with Crippen LogP contribution in [-0.2, 0) is 9.20 Å². The van der Waals surface area contributed by atoms with Crippen molar-refractivity contribution in [2.24, 2.45) is 5.41 Å². The minimum absolute atomic E-state index is 0.0772. The highest BCUT2D eigenvalue weighted by molar-refractivity contribution is 6.13. The molecule has 0 radical (unpaired) electrons. The SMILES string of the molecule is CC1(C)COC2(CCNCC2)[C@@H]1N[SiH]=O. The van der Waals surface area contributed by atoms with Gasteiger partial charge in [-0.05, 0) is 25.9 Å². The summed E-state index contributed by atoms with van der Waals surface area (Å²) in [5, 5.41) is 3.35. The molecule has 86 valence electrons. The molecule has 2 heterocycles. The first-order valence-electron chi connectivity index (χ1n) is 5.65. The van der Waals surface area contributed by atoms with Gasteiger partial charge in [0.2, 0.25) is 0 Å². The minimum atomic E-state index is -0.900. The Kier molecular flexibility index (Phi) is 2.96. The van der Waals surface area contributed by atoms with Gasteiger partial charge in [-0.15, -0.1) is 0 Å². The Hall–Kier alpha value is -0.263. The summed E-state index contributed by atoms with van der Waals surface area (Å²) in [6.07, 6.45) is 2.04. The predicted molar refractivity (Wildman–Crippen MR) is 59.3 cm³/mol. The van der Waals surface area contributed by atoms with Gasteiger partial charge in [-0.1, -0.05) is 13.8 Å². The van der Waals surface area contributed by atoms with E-state index in [-0.39, 0.29) is 17.1 Å². The first kappa shape index (κ1) is 11.2. The second-order valence-electron chi connectivity index (χ2n) is 5.31. The first-order chi connectivity index (χ1) is 7.11. The van der Waals surface area contributed by atoms with E-state index in [1.165, 1.54) is 0 Å². The molecule has 0 unspecified atom stereocenters. The highest BCUT2D eigenvalue weighted by Crippen LogP contribution is 2.43. The van der Waals surface area contributed by atoms with Gasteiger partial charge in [0.05, 0.1) is 18.2 Å². The molecule has 2 aliphatic rings. The molecule has 0 saturated carbocycles. The molecule has 15 heavy (non-hydrogen) atoms. The molecule has 5 heteroatoms. The highest BCUT2D eigenvalue weighted by Gasteiger charge is 2.53. The zero-order chi connectivity index (χ0) is 10.9. The van der Waals surface area contributed by atoms with Crippen LogP contribution in [0.25, 0.3) is 0 Å². The third-order valence-electron chi connectivity index (χ3n) is 3.72. The summed E-state index contributed by atoms with van der Waals surface area (Å²) in [7, 11) is -0.900. The summed E-state index contributed by atoms with van der Waals surface area (Å²) < 4.78 is 16.9. The van der Waals surface area contributed by atoms with E-state index in [2.05, 4.69) is 24.1 Å². The molecule has 2 saturated heterocycles. The molecule has 0 aromatic heterocycles. The fourth-order valence-electron chi connectivity index (χ4n) is 2.94. The summed E-state index contributed by atoms with van der Waals surface area (Å²) in [6.45, 7) is 7.15. The van der Waals surface area contributed by atoms with E-state index < -0.39 is 9.57 Å². The van der Waals surface area contributed by atoms with E-state index in [0.717, 1.165) is 32.5 Å². The van der Waals surface area contributed by atoms with Crippen molar-refractivity contribution in [3.8, 4) is 0 Å². The van der Waals surface area contributed by atoms with E-state index in [9.17, 15) is 4.46 Å². The maximum Gasteiger partial charge on any atom is 0.376 e. The smallest absolute Gasteiger partial charge is 0.376 e. The molecule has 0 amide bonds. The monoisotopic (exact) mass is 228 g/mol. The Balaban J connectivity index is 2.19. The van der Waals surface area contributed by atoms with Crippen LogP contribution in [0.15, 0.2) is 0 Å². The van der Waals surface area contributed by atoms with Crippen molar-refractivity contribution in [2.45, 2.75) is 38.3 Å². The lowest BCUT2D eigenvalue weighted by molar-refractivity contribution is -0.0304. The maximum atomic E-state index is 10.9. The minimum Gasteiger partial charge on any atom is -0.386 e. The Morgan fingerprint density at radius 3 is 2.67 bits per heavy atom. The third-order valence-corrected chi connectivity index (χ3v) is 4.19. The van der Waals surface area contributed by atoms with E-state index in [1.807, 2.05) is 0 Å². The number of ether oxygens (including phenoxy) is 1. The van der Waals surface area contributed by atoms with Gasteiger partial charge in [0.1, 0.15) is 0 Å². The van der Waals surface area contributed by atoms with Crippen LogP contribution in [0.4, 0.5) is 0 Å². The Labute approximate surface area is 93.1 Å². The molecule has 0 aliphatic carbocycles. The van der Waals surface area contributed by atoms with E-state index in [4.69, 9.17) is 4.74 Å². The van der Waals surface area contributed by atoms with Crippen LogP contribution in [0.2, 0.25) is 0 Å². The second-order valence-corrected chi connectivity index (χ2v) is 5.88. The summed E-state index contributed by atoms with van der Waals surface area (Å²) in [6, 6.07) is 0.236. The zero-order valence-corrected chi connectivity index (χ0v) is 10.7. The van der Waals surface area contributed by atoms with Gasteiger partial charge < -0.3 is 19.5 Å². The van der Waals surface area contributed by atoms with Crippen LogP contribution in [0.5, 0.6) is 0 Å². The quantitative estimate of drug-likeness (QED) is 0.644. The molecule has 0 aromatic rings. The largest absolute Gasteiger partial charge is 0.386 e. The lowest BCUT2D eigenvalue weighted by Gasteiger charge is -2.40. The fraction of sp³-hybridized carbons (Fsp3) is 1.00. The first-order valence-corrected chi connectivity index (χ1v) is 6.70. The van der Waals surface area contributed by atoms with Gasteiger partial charge in [-0.3, -0.25) is 0 Å². The average molecular weight is 228 g/mol. The number of hydrogen-bond donors (Lipinski definition) is 2. The summed E-state index contributed by atoms with van der Waals surface area (Å²) in [5.41, 5.74) is 0.0148. The topological polar surface area (TPSA) is 50.4 Å². The summed E-state index contributed by atoms with van der Waals surface area (Å²) in [4.78, 5) is 3.17. The molecule has 0 aromatic carbocycles. The van der Waals surface area contributed by atoms with Gasteiger partial charge in [0, 0.05) is 5.41 Å². The normalized spacial score (nSPS) is 32.8. The van der Waals surface area contributed by atoms with E-state index in [0.29, 0.717) is 0 Å². The standard InChI is InChI=1S/C10H20N2O2Si/c1-9(2)7-14-10(8(9)12-15-13)3-5-11-6-4-10/h8,11-12,15H,3-7H2,1-2H3/t8-/m1/s1. The van der Waals surface area contributed by atoms with Crippen molar-refractivity contribution in [3.63, 3.8) is 0 Å². The van der Waals surface area contributed by atoms with Gasteiger partial charge in [-0.25, -0.2) is 0 Å². The van der Waals surface area contributed by atoms with Crippen molar-refractivity contribution in [2.75, 3.05) is 19.7 Å². The Morgan fingerprint density at radius 2 is 2.07 bits per heavy atom. The molecule has 2 rings (SSSR count). The summed E-state index contributed by atoms with van der Waals surface area (Å²) >= 11 is 0. The molecular formula is C10H20N2O2Si. The average Bonchev–Trinajstić information content (AvgIpc) is 2.45. The zero-order valence-electron chi connectivity index (χ0n) is 9.51. The molecule has 1 spiro atoms. The Bertz CT molecular complexity index is 252. The molecular weight excluding hydrogens is 208 g/mol. The second kappa shape index (κ2) is 3.96. The maximum absolute atomic E-state index is 10.9. The van der Waals surface area contributed by atoms with Crippen molar-refractivity contribution in [1.82, 2.24) is 10.3 Å². The molecule has 2 fully saturated rings. The molecule has 2 N–H and O–H groups in total. The number of hydrogen-bond acceptors (Lipinski definition) is 3. The van der Waals surface area contributed by atoms with Crippen LogP contribution >= 0.6 is 0 Å². The third kappa shape index (κ3) is 1.88. The molecule has 4 nitrogen and oxygen atoms in total. The van der Waals surface area contributed by atoms with Crippen LogP contribution < -0.4 is 10.3 Å². The van der Waals surface area contributed by atoms with Crippen molar-refractivity contribution in [1.29, 1.82) is 0 Å². The lowest BCUT2D eigenvalue weighted by atomic mass is 9.75. The predicted octanol–water partition coefficient (Wildman–Crippen LogP) is -0.180.